The summed E-state index contributed by atoms with van der Waals surface area (Å²) in [7, 11) is 1.45. The maximum absolute atomic E-state index is 13.8. The van der Waals surface area contributed by atoms with Gasteiger partial charge in [-0.15, -0.1) is 4.68 Å². The number of amides is 1. The molecule has 25 heavy (non-hydrogen) atoms. The van der Waals surface area contributed by atoms with Gasteiger partial charge in [0.1, 0.15) is 5.69 Å². The molecule has 1 amide bonds. The summed E-state index contributed by atoms with van der Waals surface area (Å²) in [5.41, 5.74) is -0.316. The van der Waals surface area contributed by atoms with Crippen molar-refractivity contribution in [3.8, 4) is 5.69 Å². The first-order valence-corrected chi connectivity index (χ1v) is 7.24. The van der Waals surface area contributed by atoms with Crippen molar-refractivity contribution in [2.24, 2.45) is 0 Å². The number of carbonyl (C=O) groups excluding carboxylic acids is 1. The molecule has 0 bridgehead atoms. The van der Waals surface area contributed by atoms with Gasteiger partial charge in [0.05, 0.1) is 0 Å². The zero-order valence-electron chi connectivity index (χ0n) is 13.3. The molecule has 7 nitrogen and oxygen atoms in total. The van der Waals surface area contributed by atoms with Crippen LogP contribution in [0.25, 0.3) is 5.69 Å². The molecule has 0 unspecified atom stereocenters. The normalized spacial score (nSPS) is 10.7. The predicted molar refractivity (Wildman–Crippen MR) is 85.9 cm³/mol. The van der Waals surface area contributed by atoms with E-state index in [9.17, 15) is 18.4 Å². The fraction of sp³-hybridized carbons (Fsp3) is 0.125. The number of benzene rings is 2. The van der Waals surface area contributed by atoms with Gasteiger partial charge in [0.25, 0.3) is 0 Å². The van der Waals surface area contributed by atoms with E-state index in [1.54, 1.807) is 18.2 Å². The molecular weight excluding hydrogens is 332 g/mol. The molecule has 9 heteroatoms. The van der Waals surface area contributed by atoms with Crippen LogP contribution in [0.2, 0.25) is 0 Å². The van der Waals surface area contributed by atoms with Crippen molar-refractivity contribution < 1.29 is 13.6 Å². The predicted octanol–water partition coefficient (Wildman–Crippen LogP) is 2.12. The number of hydrogen-bond donors (Lipinski definition) is 0. The van der Waals surface area contributed by atoms with Crippen molar-refractivity contribution in [2.45, 2.75) is 6.92 Å². The van der Waals surface area contributed by atoms with Crippen LogP contribution in [0.15, 0.2) is 47.3 Å². The van der Waals surface area contributed by atoms with Gasteiger partial charge >= 0.3 is 11.7 Å². The second-order valence-corrected chi connectivity index (χ2v) is 5.34. The third-order valence-corrected chi connectivity index (χ3v) is 3.59. The summed E-state index contributed by atoms with van der Waals surface area (Å²) in [4.78, 5) is 26.0. The summed E-state index contributed by atoms with van der Waals surface area (Å²) in [6.45, 7) is 1.85. The molecule has 0 saturated carbocycles. The zero-order chi connectivity index (χ0) is 18.1. The zero-order valence-corrected chi connectivity index (χ0v) is 13.3. The number of anilines is 1. The Hall–Kier alpha value is -3.36. The Morgan fingerprint density at radius 1 is 1.08 bits per heavy atom. The first-order chi connectivity index (χ1) is 11.9. The molecule has 2 aromatic carbocycles. The topological polar surface area (TPSA) is 73.0 Å². The fourth-order valence-corrected chi connectivity index (χ4v) is 2.29. The summed E-state index contributed by atoms with van der Waals surface area (Å²) in [5.74, 6) is -1.98. The van der Waals surface area contributed by atoms with Crippen LogP contribution >= 0.6 is 0 Å². The van der Waals surface area contributed by atoms with E-state index in [0.29, 0.717) is 15.1 Å². The van der Waals surface area contributed by atoms with Gasteiger partial charge < -0.3 is 0 Å². The van der Waals surface area contributed by atoms with E-state index in [-0.39, 0.29) is 0 Å². The van der Waals surface area contributed by atoms with Crippen molar-refractivity contribution in [1.29, 1.82) is 0 Å². The van der Waals surface area contributed by atoms with Crippen LogP contribution in [0.1, 0.15) is 5.56 Å². The Labute approximate surface area is 140 Å². The number of nitrogens with zero attached hydrogens (tertiary/aromatic N) is 5. The number of hydrogen-bond acceptors (Lipinski definition) is 4. The van der Waals surface area contributed by atoms with Gasteiger partial charge in [0.2, 0.25) is 0 Å². The van der Waals surface area contributed by atoms with Crippen LogP contribution in [0.4, 0.5) is 19.3 Å². The average molecular weight is 345 g/mol. The fourth-order valence-electron chi connectivity index (χ4n) is 2.29. The molecule has 3 aromatic rings. The molecule has 0 atom stereocenters. The summed E-state index contributed by atoms with van der Waals surface area (Å²) in [6.07, 6.45) is 0. The number of tetrazole rings is 1. The lowest BCUT2D eigenvalue weighted by molar-refractivity contribution is 0.245. The molecule has 1 heterocycles. The summed E-state index contributed by atoms with van der Waals surface area (Å²) < 4.78 is 28.5. The van der Waals surface area contributed by atoms with E-state index in [2.05, 4.69) is 10.4 Å². The summed E-state index contributed by atoms with van der Waals surface area (Å²) in [6, 6.07) is 9.32. The quantitative estimate of drug-likeness (QED) is 0.667. The highest BCUT2D eigenvalue weighted by molar-refractivity contribution is 5.92. The largest absolute Gasteiger partial charge is 0.377 e. The first-order valence-electron chi connectivity index (χ1n) is 7.24. The number of carbonyl (C=O) groups is 1. The minimum atomic E-state index is -1.08. The Bertz CT molecular complexity index is 992. The lowest BCUT2D eigenvalue weighted by Gasteiger charge is -2.16. The van der Waals surface area contributed by atoms with Crippen LogP contribution in [0.5, 0.6) is 0 Å². The Morgan fingerprint density at radius 3 is 2.36 bits per heavy atom. The van der Waals surface area contributed by atoms with Crippen LogP contribution in [0.3, 0.4) is 0 Å². The van der Waals surface area contributed by atoms with Gasteiger partial charge in [-0.2, -0.15) is 4.68 Å². The number of aromatic nitrogens is 4. The molecule has 0 aliphatic rings. The highest BCUT2D eigenvalue weighted by atomic mass is 19.1. The van der Waals surface area contributed by atoms with Gasteiger partial charge in [-0.3, -0.25) is 4.90 Å². The van der Waals surface area contributed by atoms with Crippen LogP contribution in [0, 0.1) is 18.6 Å². The molecule has 0 fully saturated rings. The highest BCUT2D eigenvalue weighted by Gasteiger charge is 2.23. The minimum absolute atomic E-state index is 0.409. The summed E-state index contributed by atoms with van der Waals surface area (Å²) >= 11 is 0. The van der Waals surface area contributed by atoms with E-state index in [0.717, 1.165) is 23.8 Å². The van der Waals surface area contributed by atoms with Crippen LogP contribution in [-0.4, -0.2) is 32.9 Å². The molecule has 0 saturated heterocycles. The van der Waals surface area contributed by atoms with Crippen molar-refractivity contribution >= 4 is 11.7 Å². The lowest BCUT2D eigenvalue weighted by Crippen LogP contribution is -2.39. The average Bonchev–Trinajstić information content (AvgIpc) is 2.95. The maximum Gasteiger partial charge on any atom is 0.377 e. The molecule has 0 aliphatic carbocycles. The lowest BCUT2D eigenvalue weighted by atomic mass is 10.2. The van der Waals surface area contributed by atoms with Crippen molar-refractivity contribution in [2.75, 3.05) is 11.9 Å². The Balaban J connectivity index is 2.01. The van der Waals surface area contributed by atoms with E-state index >= 15 is 0 Å². The van der Waals surface area contributed by atoms with E-state index < -0.39 is 29.0 Å². The molecule has 0 spiro atoms. The molecule has 3 rings (SSSR count). The molecule has 0 aliphatic heterocycles. The van der Waals surface area contributed by atoms with Crippen molar-refractivity contribution in [1.82, 2.24) is 19.8 Å². The molecule has 0 radical (unpaired) electrons. The standard InChI is InChI=1S/C16H13F2N5O2/c1-10-5-3-6-11(9-10)21(2)15(24)23-16(25)22(19-20-23)14-12(17)7-4-8-13(14)18/h3-9H,1-2H3. The van der Waals surface area contributed by atoms with E-state index in [1.807, 2.05) is 13.0 Å². The second kappa shape index (κ2) is 6.27. The Morgan fingerprint density at radius 2 is 1.72 bits per heavy atom. The van der Waals surface area contributed by atoms with Crippen LogP contribution in [-0.2, 0) is 0 Å². The van der Waals surface area contributed by atoms with Gasteiger partial charge in [-0.05, 0) is 47.2 Å². The van der Waals surface area contributed by atoms with Crippen LogP contribution < -0.4 is 10.6 Å². The van der Waals surface area contributed by atoms with Gasteiger partial charge in [-0.1, -0.05) is 18.2 Å². The number of rotatable bonds is 2. The van der Waals surface area contributed by atoms with Crippen molar-refractivity contribution in [3.05, 3.63) is 70.1 Å². The molecule has 0 N–H and O–H groups in total. The monoisotopic (exact) mass is 345 g/mol. The maximum atomic E-state index is 13.8. The third kappa shape index (κ3) is 2.91. The van der Waals surface area contributed by atoms with E-state index in [4.69, 9.17) is 0 Å². The van der Waals surface area contributed by atoms with Gasteiger partial charge in [0, 0.05) is 12.7 Å². The van der Waals surface area contributed by atoms with E-state index in [1.165, 1.54) is 11.9 Å². The minimum Gasteiger partial charge on any atom is -0.295 e. The molecule has 1 aromatic heterocycles. The Kier molecular flexibility index (Phi) is 4.14. The third-order valence-electron chi connectivity index (χ3n) is 3.59. The number of aryl methyl sites for hydroxylation is 1. The number of para-hydroxylation sites is 1. The SMILES string of the molecule is Cc1cccc(N(C)C(=O)n2nnn(-c3c(F)cccc3F)c2=O)c1. The number of halogens is 2. The smallest absolute Gasteiger partial charge is 0.295 e. The van der Waals surface area contributed by atoms with Crippen molar-refractivity contribution in [3.63, 3.8) is 0 Å². The van der Waals surface area contributed by atoms with Gasteiger partial charge in [0.15, 0.2) is 11.6 Å². The van der Waals surface area contributed by atoms with Gasteiger partial charge in [-0.25, -0.2) is 18.4 Å². The molecule has 128 valence electrons. The first kappa shape index (κ1) is 16.5. The summed E-state index contributed by atoms with van der Waals surface area (Å²) in [5, 5.41) is 6.85. The second-order valence-electron chi connectivity index (χ2n) is 5.34. The highest BCUT2D eigenvalue weighted by Crippen LogP contribution is 2.16. The molecular formula is C16H13F2N5O2.